The number of ether oxygens (including phenoxy) is 2. The Morgan fingerprint density at radius 1 is 0.931 bits per heavy atom. The fraction of sp³-hybridized carbons (Fsp3) is 0.333. The van der Waals surface area contributed by atoms with E-state index in [1.165, 1.54) is 17.3 Å². The highest BCUT2D eigenvalue weighted by molar-refractivity contribution is 5.29. The molecule has 0 radical (unpaired) electrons. The molecule has 3 rings (SSSR count). The minimum absolute atomic E-state index is 0.194. The predicted octanol–water partition coefficient (Wildman–Crippen LogP) is 4.72. The van der Waals surface area contributed by atoms with Gasteiger partial charge in [-0.2, -0.15) is 0 Å². The summed E-state index contributed by atoms with van der Waals surface area (Å²) in [5.74, 6) is 0.671. The van der Waals surface area contributed by atoms with Gasteiger partial charge in [-0.15, -0.1) is 0 Å². The largest absolute Gasteiger partial charge is 0.497 e. The fourth-order valence-corrected chi connectivity index (χ4v) is 3.48. The molecule has 3 aromatic rings. The van der Waals surface area contributed by atoms with E-state index in [1.54, 1.807) is 26.4 Å². The number of methoxy groups -OCH3 is 2. The van der Waals surface area contributed by atoms with Crippen molar-refractivity contribution in [3.05, 3.63) is 89.5 Å². The summed E-state index contributed by atoms with van der Waals surface area (Å²) in [6, 6.07) is 19.2. The zero-order chi connectivity index (χ0) is 20.5. The molecule has 2 aromatic carbocycles. The van der Waals surface area contributed by atoms with E-state index in [4.69, 9.17) is 9.47 Å². The molecule has 0 aliphatic carbocycles. The average molecular weight is 397 g/mol. The lowest BCUT2D eigenvalue weighted by Gasteiger charge is -2.23. The number of halogens is 1. The van der Waals surface area contributed by atoms with E-state index >= 15 is 0 Å². The lowest BCUT2D eigenvalue weighted by atomic mass is 10.2. The maximum atomic E-state index is 13.6. The monoisotopic (exact) mass is 396 g/mol. The minimum atomic E-state index is -0.194. The molecule has 5 heteroatoms. The molecule has 0 saturated carbocycles. The Balaban J connectivity index is 1.72. The molecule has 4 nitrogen and oxygen atoms in total. The van der Waals surface area contributed by atoms with Crippen molar-refractivity contribution in [2.45, 2.75) is 26.1 Å². The van der Waals surface area contributed by atoms with Gasteiger partial charge in [-0.25, -0.2) is 4.39 Å². The zero-order valence-electron chi connectivity index (χ0n) is 17.2. The second-order valence-corrected chi connectivity index (χ2v) is 7.17. The number of hydrogen-bond acceptors (Lipinski definition) is 3. The number of benzene rings is 2. The number of hydrogen-bond donors (Lipinski definition) is 0. The van der Waals surface area contributed by atoms with Crippen LogP contribution in [0.5, 0.6) is 5.75 Å². The van der Waals surface area contributed by atoms with Gasteiger partial charge in [-0.1, -0.05) is 24.3 Å². The maximum absolute atomic E-state index is 13.6. The van der Waals surface area contributed by atoms with Gasteiger partial charge in [0.05, 0.1) is 7.11 Å². The summed E-state index contributed by atoms with van der Waals surface area (Å²) in [5, 5.41) is 0. The van der Waals surface area contributed by atoms with E-state index < -0.39 is 0 Å². The molecule has 0 atom stereocenters. The maximum Gasteiger partial charge on any atom is 0.123 e. The first-order valence-corrected chi connectivity index (χ1v) is 9.90. The van der Waals surface area contributed by atoms with Crippen LogP contribution >= 0.6 is 0 Å². The molecule has 1 aromatic heterocycles. The molecular formula is C24H29FN2O2. The zero-order valence-corrected chi connectivity index (χ0v) is 17.2. The van der Waals surface area contributed by atoms with Crippen molar-refractivity contribution in [3.8, 4) is 5.75 Å². The van der Waals surface area contributed by atoms with E-state index in [0.29, 0.717) is 13.2 Å². The third-order valence-electron chi connectivity index (χ3n) is 4.91. The second kappa shape index (κ2) is 10.8. The standard InChI is InChI=1S/C24H29FN2O2/c1-28-14-6-12-26(17-20-7-3-9-22(25)15-20)19-23-10-5-13-27(23)18-21-8-4-11-24(16-21)29-2/h3-5,7-11,13,15-16H,6,12,14,17-19H2,1-2H3. The first-order chi connectivity index (χ1) is 14.2. The third-order valence-corrected chi connectivity index (χ3v) is 4.91. The van der Waals surface area contributed by atoms with Gasteiger partial charge < -0.3 is 14.0 Å². The van der Waals surface area contributed by atoms with Gasteiger partial charge in [0.1, 0.15) is 11.6 Å². The van der Waals surface area contributed by atoms with E-state index in [9.17, 15) is 4.39 Å². The Hall–Kier alpha value is -2.63. The van der Waals surface area contributed by atoms with Crippen molar-refractivity contribution >= 4 is 0 Å². The Morgan fingerprint density at radius 2 is 1.76 bits per heavy atom. The first kappa shape index (κ1) is 21.1. The average Bonchev–Trinajstić information content (AvgIpc) is 3.15. The normalized spacial score (nSPS) is 11.2. The van der Waals surface area contributed by atoms with Crippen LogP contribution < -0.4 is 4.74 Å². The van der Waals surface area contributed by atoms with Crippen molar-refractivity contribution in [3.63, 3.8) is 0 Å². The highest BCUT2D eigenvalue weighted by Crippen LogP contribution is 2.17. The Bertz CT molecular complexity index is 894. The molecule has 154 valence electrons. The molecule has 0 aliphatic rings. The molecule has 0 bridgehead atoms. The van der Waals surface area contributed by atoms with Crippen LogP contribution in [0, 0.1) is 5.82 Å². The molecule has 0 fully saturated rings. The van der Waals surface area contributed by atoms with E-state index in [2.05, 4.69) is 39.9 Å². The van der Waals surface area contributed by atoms with Crippen LogP contribution in [0.3, 0.4) is 0 Å². The van der Waals surface area contributed by atoms with Gasteiger partial charge in [-0.3, -0.25) is 4.90 Å². The smallest absolute Gasteiger partial charge is 0.123 e. The van der Waals surface area contributed by atoms with Crippen LogP contribution in [-0.4, -0.2) is 36.8 Å². The van der Waals surface area contributed by atoms with Crippen molar-refractivity contribution in [2.24, 2.45) is 0 Å². The summed E-state index contributed by atoms with van der Waals surface area (Å²) in [6.07, 6.45) is 3.03. The molecule has 0 N–H and O–H groups in total. The summed E-state index contributed by atoms with van der Waals surface area (Å²) in [6.45, 7) is 3.87. The van der Waals surface area contributed by atoms with Crippen LogP contribution in [0.2, 0.25) is 0 Å². The van der Waals surface area contributed by atoms with Crippen molar-refractivity contribution < 1.29 is 13.9 Å². The van der Waals surface area contributed by atoms with Crippen LogP contribution in [0.1, 0.15) is 23.2 Å². The molecule has 0 spiro atoms. The summed E-state index contributed by atoms with van der Waals surface area (Å²) < 4.78 is 26.4. The quantitative estimate of drug-likeness (QED) is 0.439. The molecule has 0 amide bonds. The Labute approximate surface area is 172 Å². The SMILES string of the molecule is COCCCN(Cc1cccc(F)c1)Cc1cccn1Cc1cccc(OC)c1. The van der Waals surface area contributed by atoms with Gasteiger partial charge in [0.15, 0.2) is 0 Å². The summed E-state index contributed by atoms with van der Waals surface area (Å²) in [5.41, 5.74) is 3.40. The van der Waals surface area contributed by atoms with Gasteiger partial charge in [0, 0.05) is 51.8 Å². The lowest BCUT2D eigenvalue weighted by Crippen LogP contribution is -2.26. The predicted molar refractivity (Wildman–Crippen MR) is 114 cm³/mol. The fourth-order valence-electron chi connectivity index (χ4n) is 3.48. The van der Waals surface area contributed by atoms with Crippen LogP contribution in [-0.2, 0) is 24.4 Å². The number of nitrogens with zero attached hydrogens (tertiary/aromatic N) is 2. The van der Waals surface area contributed by atoms with Gasteiger partial charge in [-0.05, 0) is 53.9 Å². The van der Waals surface area contributed by atoms with E-state index in [-0.39, 0.29) is 5.82 Å². The Kier molecular flexibility index (Phi) is 7.85. The number of aromatic nitrogens is 1. The summed E-state index contributed by atoms with van der Waals surface area (Å²) in [4.78, 5) is 2.34. The van der Waals surface area contributed by atoms with Crippen molar-refractivity contribution in [2.75, 3.05) is 27.4 Å². The minimum Gasteiger partial charge on any atom is -0.497 e. The van der Waals surface area contributed by atoms with Crippen molar-refractivity contribution in [1.29, 1.82) is 0 Å². The topological polar surface area (TPSA) is 26.6 Å². The van der Waals surface area contributed by atoms with Crippen LogP contribution in [0.15, 0.2) is 66.9 Å². The highest BCUT2D eigenvalue weighted by Gasteiger charge is 2.11. The summed E-state index contributed by atoms with van der Waals surface area (Å²) >= 11 is 0. The molecule has 0 unspecified atom stereocenters. The van der Waals surface area contributed by atoms with Crippen molar-refractivity contribution in [1.82, 2.24) is 9.47 Å². The summed E-state index contributed by atoms with van der Waals surface area (Å²) in [7, 11) is 3.40. The molecule has 0 aliphatic heterocycles. The van der Waals surface area contributed by atoms with Crippen LogP contribution in [0.25, 0.3) is 0 Å². The van der Waals surface area contributed by atoms with Gasteiger partial charge in [0.25, 0.3) is 0 Å². The molecule has 1 heterocycles. The third kappa shape index (κ3) is 6.44. The Morgan fingerprint density at radius 3 is 2.55 bits per heavy atom. The molecule has 0 saturated heterocycles. The van der Waals surface area contributed by atoms with E-state index in [1.807, 2.05) is 18.2 Å². The lowest BCUT2D eigenvalue weighted by molar-refractivity contribution is 0.165. The first-order valence-electron chi connectivity index (χ1n) is 9.90. The van der Waals surface area contributed by atoms with Gasteiger partial charge in [0.2, 0.25) is 0 Å². The van der Waals surface area contributed by atoms with E-state index in [0.717, 1.165) is 37.4 Å². The number of rotatable bonds is 11. The highest BCUT2D eigenvalue weighted by atomic mass is 19.1. The molecule has 29 heavy (non-hydrogen) atoms. The second-order valence-electron chi connectivity index (χ2n) is 7.17. The molecular weight excluding hydrogens is 367 g/mol. The van der Waals surface area contributed by atoms with Gasteiger partial charge >= 0.3 is 0 Å². The van der Waals surface area contributed by atoms with Crippen LogP contribution in [0.4, 0.5) is 4.39 Å².